The molecular weight excluding hydrogens is 244 g/mol. The maximum atomic E-state index is 11.8. The molecule has 104 valence electrons. The summed E-state index contributed by atoms with van der Waals surface area (Å²) in [4.78, 5) is 11.8. The number of hydrogen-bond donors (Lipinski definition) is 2. The second-order valence-corrected chi connectivity index (χ2v) is 4.59. The Kier molecular flexibility index (Phi) is 4.63. The molecule has 0 fully saturated rings. The average molecular weight is 264 g/mol. The third-order valence-electron chi connectivity index (χ3n) is 3.00. The summed E-state index contributed by atoms with van der Waals surface area (Å²) in [6, 6.07) is 5.88. The van der Waals surface area contributed by atoms with Crippen LogP contribution in [0.5, 0.6) is 11.5 Å². The molecule has 1 heterocycles. The summed E-state index contributed by atoms with van der Waals surface area (Å²) in [6.07, 6.45) is 0.472. The van der Waals surface area contributed by atoms with Gasteiger partial charge >= 0.3 is 0 Å². The Morgan fingerprint density at radius 2 is 2.26 bits per heavy atom. The normalized spacial score (nSPS) is 14.2. The van der Waals surface area contributed by atoms with Gasteiger partial charge in [0.05, 0.1) is 0 Å². The maximum Gasteiger partial charge on any atom is 0.231 e. The van der Waals surface area contributed by atoms with E-state index in [4.69, 9.17) is 9.47 Å². The number of carbonyl (C=O) groups is 1. The highest BCUT2D eigenvalue weighted by molar-refractivity contribution is 5.76. The zero-order chi connectivity index (χ0) is 13.7. The van der Waals surface area contributed by atoms with E-state index in [1.807, 2.05) is 32.0 Å². The second kappa shape index (κ2) is 6.43. The molecule has 0 saturated heterocycles. The molecule has 19 heavy (non-hydrogen) atoms. The largest absolute Gasteiger partial charge is 0.454 e. The van der Waals surface area contributed by atoms with E-state index in [1.165, 1.54) is 0 Å². The lowest BCUT2D eigenvalue weighted by atomic mass is 10.1. The molecule has 1 aromatic carbocycles. The number of fused-ring (bicyclic) bond motifs is 1. The number of ether oxygens (including phenoxy) is 2. The van der Waals surface area contributed by atoms with Gasteiger partial charge in [0.25, 0.3) is 0 Å². The molecule has 0 radical (unpaired) electrons. The van der Waals surface area contributed by atoms with Gasteiger partial charge in [-0.25, -0.2) is 0 Å². The monoisotopic (exact) mass is 264 g/mol. The molecule has 1 atom stereocenters. The Morgan fingerprint density at radius 3 is 3.05 bits per heavy atom. The van der Waals surface area contributed by atoms with Crippen LogP contribution in [0.3, 0.4) is 0 Å². The van der Waals surface area contributed by atoms with E-state index < -0.39 is 0 Å². The Hall–Kier alpha value is -1.75. The smallest absolute Gasteiger partial charge is 0.231 e. The summed E-state index contributed by atoms with van der Waals surface area (Å²) in [5.74, 6) is 1.51. The van der Waals surface area contributed by atoms with Gasteiger partial charge in [-0.1, -0.05) is 19.1 Å². The van der Waals surface area contributed by atoms with E-state index in [0.717, 1.165) is 23.6 Å². The molecule has 5 nitrogen and oxygen atoms in total. The van der Waals surface area contributed by atoms with Gasteiger partial charge in [0.15, 0.2) is 11.5 Å². The molecule has 1 unspecified atom stereocenters. The molecule has 1 amide bonds. The summed E-state index contributed by atoms with van der Waals surface area (Å²) >= 11 is 0. The number of hydrogen-bond acceptors (Lipinski definition) is 4. The van der Waals surface area contributed by atoms with Crippen molar-refractivity contribution < 1.29 is 14.3 Å². The second-order valence-electron chi connectivity index (χ2n) is 4.59. The van der Waals surface area contributed by atoms with Crippen molar-refractivity contribution in [1.29, 1.82) is 0 Å². The van der Waals surface area contributed by atoms with Gasteiger partial charge in [-0.3, -0.25) is 4.79 Å². The van der Waals surface area contributed by atoms with Crippen molar-refractivity contribution >= 4 is 5.91 Å². The quantitative estimate of drug-likeness (QED) is 0.816. The fraction of sp³-hybridized carbons (Fsp3) is 0.500. The minimum Gasteiger partial charge on any atom is -0.454 e. The number of nitrogens with one attached hydrogen (secondary N) is 2. The van der Waals surface area contributed by atoms with Crippen LogP contribution in [0.1, 0.15) is 25.8 Å². The van der Waals surface area contributed by atoms with Gasteiger partial charge < -0.3 is 20.1 Å². The van der Waals surface area contributed by atoms with Gasteiger partial charge in [-0.05, 0) is 19.5 Å². The molecule has 2 N–H and O–H groups in total. The lowest BCUT2D eigenvalue weighted by Crippen LogP contribution is -2.33. The predicted octanol–water partition coefficient (Wildman–Crippen LogP) is 1.42. The SMILES string of the molecule is CCNC(C)CC(=O)NCc1cccc2c1OCO2. The van der Waals surface area contributed by atoms with Crippen molar-refractivity contribution in [3.8, 4) is 11.5 Å². The molecular formula is C14H20N2O3. The Morgan fingerprint density at radius 1 is 1.42 bits per heavy atom. The number of rotatable bonds is 6. The van der Waals surface area contributed by atoms with Crippen molar-refractivity contribution in [2.45, 2.75) is 32.9 Å². The average Bonchev–Trinajstić information content (AvgIpc) is 2.85. The van der Waals surface area contributed by atoms with Crippen molar-refractivity contribution in [2.75, 3.05) is 13.3 Å². The third-order valence-corrected chi connectivity index (χ3v) is 3.00. The lowest BCUT2D eigenvalue weighted by Gasteiger charge is -2.12. The minimum absolute atomic E-state index is 0.0324. The molecule has 1 aromatic rings. The molecule has 1 aliphatic rings. The Labute approximate surface area is 113 Å². The van der Waals surface area contributed by atoms with E-state index in [1.54, 1.807) is 0 Å². The van der Waals surface area contributed by atoms with Gasteiger partial charge in [-0.2, -0.15) is 0 Å². The van der Waals surface area contributed by atoms with Crippen LogP contribution in [0.4, 0.5) is 0 Å². The first kappa shape index (κ1) is 13.7. The summed E-state index contributed by atoms with van der Waals surface area (Å²) in [5, 5.41) is 6.11. The summed E-state index contributed by atoms with van der Waals surface area (Å²) < 4.78 is 10.7. The maximum absolute atomic E-state index is 11.8. The molecule has 0 saturated carbocycles. The standard InChI is InChI=1S/C14H20N2O3/c1-3-15-10(2)7-13(17)16-8-11-5-4-6-12-14(11)19-9-18-12/h4-6,10,15H,3,7-9H2,1-2H3,(H,16,17). The minimum atomic E-state index is 0.0324. The third kappa shape index (κ3) is 3.61. The first-order valence-corrected chi connectivity index (χ1v) is 6.58. The van der Waals surface area contributed by atoms with Crippen molar-refractivity contribution in [3.63, 3.8) is 0 Å². The summed E-state index contributed by atoms with van der Waals surface area (Å²) in [7, 11) is 0. The van der Waals surface area contributed by atoms with Crippen molar-refractivity contribution in [2.24, 2.45) is 0 Å². The van der Waals surface area contributed by atoms with Gasteiger partial charge in [0.2, 0.25) is 12.7 Å². The first-order chi connectivity index (χ1) is 9.20. The zero-order valence-corrected chi connectivity index (χ0v) is 11.4. The highest BCUT2D eigenvalue weighted by atomic mass is 16.7. The van der Waals surface area contributed by atoms with Crippen LogP contribution in [-0.4, -0.2) is 25.3 Å². The van der Waals surface area contributed by atoms with Crippen LogP contribution >= 0.6 is 0 Å². The van der Waals surface area contributed by atoms with E-state index in [0.29, 0.717) is 13.0 Å². The van der Waals surface area contributed by atoms with E-state index >= 15 is 0 Å². The number of carbonyl (C=O) groups excluding carboxylic acids is 1. The van der Waals surface area contributed by atoms with Crippen LogP contribution < -0.4 is 20.1 Å². The molecule has 5 heteroatoms. The van der Waals surface area contributed by atoms with Crippen LogP contribution in [-0.2, 0) is 11.3 Å². The van der Waals surface area contributed by atoms with Gasteiger partial charge in [0.1, 0.15) is 0 Å². The van der Waals surface area contributed by atoms with Crippen molar-refractivity contribution in [3.05, 3.63) is 23.8 Å². The number of amides is 1. The van der Waals surface area contributed by atoms with E-state index in [-0.39, 0.29) is 18.7 Å². The molecule has 0 aliphatic carbocycles. The summed E-state index contributed by atoms with van der Waals surface area (Å²) in [6.45, 7) is 5.60. The fourth-order valence-electron chi connectivity index (χ4n) is 2.09. The Bertz CT molecular complexity index is 448. The molecule has 1 aliphatic heterocycles. The number of para-hydroxylation sites is 1. The van der Waals surface area contributed by atoms with Gasteiger partial charge in [-0.15, -0.1) is 0 Å². The van der Waals surface area contributed by atoms with Crippen LogP contribution in [0.25, 0.3) is 0 Å². The highest BCUT2D eigenvalue weighted by Gasteiger charge is 2.17. The van der Waals surface area contributed by atoms with Crippen LogP contribution in [0.2, 0.25) is 0 Å². The molecule has 0 aromatic heterocycles. The van der Waals surface area contributed by atoms with Crippen LogP contribution in [0.15, 0.2) is 18.2 Å². The zero-order valence-electron chi connectivity index (χ0n) is 11.4. The number of benzene rings is 1. The van der Waals surface area contributed by atoms with Gasteiger partial charge in [0, 0.05) is 24.6 Å². The topological polar surface area (TPSA) is 59.6 Å². The molecule has 0 bridgehead atoms. The summed E-state index contributed by atoms with van der Waals surface area (Å²) in [5.41, 5.74) is 0.944. The van der Waals surface area contributed by atoms with Crippen molar-refractivity contribution in [1.82, 2.24) is 10.6 Å². The van der Waals surface area contributed by atoms with Crippen LogP contribution in [0, 0.1) is 0 Å². The van der Waals surface area contributed by atoms with E-state index in [9.17, 15) is 4.79 Å². The Balaban J connectivity index is 1.86. The molecule has 2 rings (SSSR count). The highest BCUT2D eigenvalue weighted by Crippen LogP contribution is 2.35. The molecule has 0 spiro atoms. The predicted molar refractivity (Wildman–Crippen MR) is 72.2 cm³/mol. The fourth-order valence-corrected chi connectivity index (χ4v) is 2.09. The lowest BCUT2D eigenvalue weighted by molar-refractivity contribution is -0.121. The van der Waals surface area contributed by atoms with E-state index in [2.05, 4.69) is 10.6 Å². The first-order valence-electron chi connectivity index (χ1n) is 6.58.